The summed E-state index contributed by atoms with van der Waals surface area (Å²) in [4.78, 5) is 6.42. The lowest BCUT2D eigenvalue weighted by Crippen LogP contribution is -2.26. The first-order valence-corrected chi connectivity index (χ1v) is 5.62. The van der Waals surface area contributed by atoms with Crippen molar-refractivity contribution in [2.24, 2.45) is 0 Å². The van der Waals surface area contributed by atoms with E-state index in [4.69, 9.17) is 9.52 Å². The van der Waals surface area contributed by atoms with Crippen molar-refractivity contribution in [1.82, 2.24) is 9.88 Å². The summed E-state index contributed by atoms with van der Waals surface area (Å²) in [6.45, 7) is 5.69. The molecular formula is C13H16N2O2. The van der Waals surface area contributed by atoms with E-state index in [0.717, 1.165) is 11.1 Å². The first kappa shape index (κ1) is 11.8. The first-order chi connectivity index (χ1) is 8.33. The Balaban J connectivity index is 2.13. The highest BCUT2D eigenvalue weighted by Gasteiger charge is 2.09. The predicted octanol–water partition coefficient (Wildman–Crippen LogP) is 1.81. The number of aliphatic hydroxyl groups is 1. The van der Waals surface area contributed by atoms with E-state index in [1.807, 2.05) is 29.2 Å². The minimum atomic E-state index is 0.119. The molecule has 17 heavy (non-hydrogen) atoms. The van der Waals surface area contributed by atoms with Gasteiger partial charge >= 0.3 is 0 Å². The zero-order chi connectivity index (χ0) is 12.1. The van der Waals surface area contributed by atoms with Crippen LogP contribution in [0.3, 0.4) is 0 Å². The van der Waals surface area contributed by atoms with Gasteiger partial charge in [0.15, 0.2) is 5.58 Å². The molecule has 0 fully saturated rings. The van der Waals surface area contributed by atoms with Crippen LogP contribution < -0.4 is 0 Å². The topological polar surface area (TPSA) is 49.5 Å². The predicted molar refractivity (Wildman–Crippen MR) is 66.6 cm³/mol. The summed E-state index contributed by atoms with van der Waals surface area (Å²) >= 11 is 0. The Bertz CT molecular complexity index is 460. The minimum absolute atomic E-state index is 0.119. The monoisotopic (exact) mass is 232 g/mol. The van der Waals surface area contributed by atoms with Gasteiger partial charge in [-0.25, -0.2) is 4.98 Å². The zero-order valence-electron chi connectivity index (χ0n) is 9.67. The lowest BCUT2D eigenvalue weighted by Gasteiger charge is -2.16. The third-order valence-electron chi connectivity index (χ3n) is 2.50. The molecule has 0 bridgehead atoms. The van der Waals surface area contributed by atoms with E-state index in [-0.39, 0.29) is 6.61 Å². The van der Waals surface area contributed by atoms with Crippen LogP contribution in [0.15, 0.2) is 41.3 Å². The molecule has 2 aromatic rings. The molecular weight excluding hydrogens is 216 g/mol. The molecule has 0 unspecified atom stereocenters. The number of fused-ring (bicyclic) bond motifs is 1. The molecule has 0 radical (unpaired) electrons. The fourth-order valence-electron chi connectivity index (χ4n) is 1.74. The molecule has 2 rings (SSSR count). The maximum Gasteiger partial charge on any atom is 0.209 e. The van der Waals surface area contributed by atoms with Crippen molar-refractivity contribution in [2.75, 3.05) is 19.7 Å². The Kier molecular flexibility index (Phi) is 3.90. The smallest absolute Gasteiger partial charge is 0.209 e. The zero-order valence-corrected chi connectivity index (χ0v) is 9.67. The number of para-hydroxylation sites is 2. The van der Waals surface area contributed by atoms with Gasteiger partial charge in [0.1, 0.15) is 5.52 Å². The Labute approximate surface area is 100 Å². The molecule has 0 amide bonds. The molecule has 90 valence electrons. The number of oxazole rings is 1. The van der Waals surface area contributed by atoms with Gasteiger partial charge in [-0.3, -0.25) is 4.90 Å². The quantitative estimate of drug-likeness (QED) is 0.772. The van der Waals surface area contributed by atoms with Crippen molar-refractivity contribution >= 4 is 11.1 Å². The van der Waals surface area contributed by atoms with Crippen molar-refractivity contribution < 1.29 is 9.52 Å². The summed E-state index contributed by atoms with van der Waals surface area (Å²) in [6, 6.07) is 7.68. The highest BCUT2D eigenvalue weighted by molar-refractivity contribution is 5.72. The second-order valence-corrected chi connectivity index (χ2v) is 3.82. The summed E-state index contributed by atoms with van der Waals surface area (Å²) in [7, 11) is 0. The third-order valence-corrected chi connectivity index (χ3v) is 2.50. The molecule has 0 atom stereocenters. The fourth-order valence-corrected chi connectivity index (χ4v) is 1.74. The van der Waals surface area contributed by atoms with E-state index < -0.39 is 0 Å². The van der Waals surface area contributed by atoms with Crippen LogP contribution >= 0.6 is 0 Å². The Morgan fingerprint density at radius 1 is 1.41 bits per heavy atom. The summed E-state index contributed by atoms with van der Waals surface area (Å²) in [6.07, 6.45) is 1.80. The molecule has 0 aliphatic rings. The van der Waals surface area contributed by atoms with Crippen LogP contribution in [0.2, 0.25) is 0 Å². The van der Waals surface area contributed by atoms with Crippen LogP contribution in [-0.4, -0.2) is 34.7 Å². The molecule has 0 saturated carbocycles. The number of rotatable bonds is 6. The minimum Gasteiger partial charge on any atom is -0.439 e. The molecule has 0 spiro atoms. The lowest BCUT2D eigenvalue weighted by molar-refractivity contribution is 0.193. The van der Waals surface area contributed by atoms with E-state index in [0.29, 0.717) is 25.5 Å². The van der Waals surface area contributed by atoms with Crippen molar-refractivity contribution in [3.63, 3.8) is 0 Å². The summed E-state index contributed by atoms with van der Waals surface area (Å²) in [5, 5.41) is 8.95. The van der Waals surface area contributed by atoms with Gasteiger partial charge in [-0.1, -0.05) is 18.2 Å². The highest BCUT2D eigenvalue weighted by Crippen LogP contribution is 2.15. The normalized spacial score (nSPS) is 11.2. The average molecular weight is 232 g/mol. The molecule has 0 saturated heterocycles. The van der Waals surface area contributed by atoms with Gasteiger partial charge in [0.2, 0.25) is 5.89 Å². The molecule has 4 nitrogen and oxygen atoms in total. The van der Waals surface area contributed by atoms with Gasteiger partial charge in [-0.2, -0.15) is 0 Å². The molecule has 1 aromatic carbocycles. The molecule has 1 N–H and O–H groups in total. The molecule has 1 aromatic heterocycles. The van der Waals surface area contributed by atoms with Crippen molar-refractivity contribution in [1.29, 1.82) is 0 Å². The van der Waals surface area contributed by atoms with E-state index in [1.165, 1.54) is 0 Å². The fraction of sp³-hybridized carbons (Fsp3) is 0.308. The van der Waals surface area contributed by atoms with Gasteiger partial charge in [0.25, 0.3) is 0 Å². The second-order valence-electron chi connectivity index (χ2n) is 3.82. The van der Waals surface area contributed by atoms with E-state index in [2.05, 4.69) is 11.6 Å². The molecule has 0 aliphatic heterocycles. The SMILES string of the molecule is C=CCN(CCO)Cc1nc2ccccc2o1. The van der Waals surface area contributed by atoms with Gasteiger partial charge < -0.3 is 9.52 Å². The van der Waals surface area contributed by atoms with Crippen molar-refractivity contribution in [3.8, 4) is 0 Å². The average Bonchev–Trinajstić information content (AvgIpc) is 2.71. The van der Waals surface area contributed by atoms with Gasteiger partial charge in [0.05, 0.1) is 13.2 Å². The van der Waals surface area contributed by atoms with Crippen LogP contribution in [0.5, 0.6) is 0 Å². The Morgan fingerprint density at radius 2 is 2.24 bits per heavy atom. The molecule has 0 aliphatic carbocycles. The van der Waals surface area contributed by atoms with Crippen LogP contribution in [0.25, 0.3) is 11.1 Å². The van der Waals surface area contributed by atoms with E-state index in [9.17, 15) is 0 Å². The third kappa shape index (κ3) is 2.93. The van der Waals surface area contributed by atoms with Crippen LogP contribution in [0, 0.1) is 0 Å². The number of hydrogen-bond donors (Lipinski definition) is 1. The van der Waals surface area contributed by atoms with Gasteiger partial charge in [-0.15, -0.1) is 6.58 Å². The van der Waals surface area contributed by atoms with Gasteiger partial charge in [-0.05, 0) is 12.1 Å². The van der Waals surface area contributed by atoms with E-state index in [1.54, 1.807) is 6.08 Å². The van der Waals surface area contributed by atoms with E-state index >= 15 is 0 Å². The molecule has 1 heterocycles. The highest BCUT2D eigenvalue weighted by atomic mass is 16.3. The maximum absolute atomic E-state index is 8.95. The summed E-state index contributed by atoms with van der Waals surface area (Å²) < 4.78 is 5.62. The Hall–Kier alpha value is -1.65. The van der Waals surface area contributed by atoms with Crippen LogP contribution in [0.1, 0.15) is 5.89 Å². The van der Waals surface area contributed by atoms with Crippen LogP contribution in [-0.2, 0) is 6.54 Å². The largest absolute Gasteiger partial charge is 0.439 e. The van der Waals surface area contributed by atoms with Gasteiger partial charge in [0, 0.05) is 13.1 Å². The summed E-state index contributed by atoms with van der Waals surface area (Å²) in [5.41, 5.74) is 1.66. The van der Waals surface area contributed by atoms with Crippen molar-refractivity contribution in [3.05, 3.63) is 42.8 Å². The first-order valence-electron chi connectivity index (χ1n) is 5.62. The molecule has 4 heteroatoms. The number of aromatic nitrogens is 1. The van der Waals surface area contributed by atoms with Crippen LogP contribution in [0.4, 0.5) is 0 Å². The second kappa shape index (κ2) is 5.61. The maximum atomic E-state index is 8.95. The number of aliphatic hydroxyl groups excluding tert-OH is 1. The Morgan fingerprint density at radius 3 is 2.94 bits per heavy atom. The number of benzene rings is 1. The summed E-state index contributed by atoms with van der Waals surface area (Å²) in [5.74, 6) is 0.668. The lowest BCUT2D eigenvalue weighted by atomic mass is 10.3. The van der Waals surface area contributed by atoms with Crippen molar-refractivity contribution in [2.45, 2.75) is 6.54 Å². The standard InChI is InChI=1S/C13H16N2O2/c1-2-7-15(8-9-16)10-13-14-11-5-3-4-6-12(11)17-13/h2-6,16H,1,7-10H2. The number of hydrogen-bond acceptors (Lipinski definition) is 4. The number of nitrogens with zero attached hydrogens (tertiary/aromatic N) is 2.